The first-order valence-corrected chi connectivity index (χ1v) is 5.37. The first-order valence-electron chi connectivity index (χ1n) is 5.37. The number of nitrogens with zero attached hydrogens (tertiary/aromatic N) is 2. The smallest absolute Gasteiger partial charge is 0.126 e. The van der Waals surface area contributed by atoms with Crippen molar-refractivity contribution in [3.63, 3.8) is 0 Å². The Hall–Kier alpha value is -2.49. The number of H-pyrrole nitrogens is 1. The molecular formula is C13H12N4. The maximum Gasteiger partial charge on any atom is 0.126 e. The Kier molecular flexibility index (Phi) is 2.19. The van der Waals surface area contributed by atoms with Gasteiger partial charge in [-0.2, -0.15) is 5.10 Å². The van der Waals surface area contributed by atoms with Crippen LogP contribution in [0.5, 0.6) is 0 Å². The molecule has 0 bridgehead atoms. The van der Waals surface area contributed by atoms with Gasteiger partial charge in [-0.05, 0) is 29.8 Å². The Labute approximate surface area is 98.7 Å². The van der Waals surface area contributed by atoms with Crippen LogP contribution >= 0.6 is 0 Å². The zero-order valence-electron chi connectivity index (χ0n) is 9.17. The molecule has 0 saturated carbocycles. The van der Waals surface area contributed by atoms with E-state index in [4.69, 9.17) is 5.73 Å². The van der Waals surface area contributed by atoms with Gasteiger partial charge in [-0.15, -0.1) is 0 Å². The minimum absolute atomic E-state index is 0.596. The third kappa shape index (κ3) is 1.69. The highest BCUT2D eigenvalue weighted by Crippen LogP contribution is 2.24. The summed E-state index contributed by atoms with van der Waals surface area (Å²) in [6, 6.07) is 12.2. The standard InChI is InChI=1S/C13H12N4/c14-13-12(9-15-16-13)10-3-5-11(6-4-10)17-7-1-2-8-17/h1-9H,(H3,14,15,16). The van der Waals surface area contributed by atoms with E-state index in [0.717, 1.165) is 16.8 Å². The lowest BCUT2D eigenvalue weighted by molar-refractivity contribution is 1.08. The van der Waals surface area contributed by atoms with Crippen LogP contribution in [0.2, 0.25) is 0 Å². The molecule has 0 unspecified atom stereocenters. The topological polar surface area (TPSA) is 59.6 Å². The van der Waals surface area contributed by atoms with Gasteiger partial charge in [0.2, 0.25) is 0 Å². The van der Waals surface area contributed by atoms with E-state index in [0.29, 0.717) is 5.82 Å². The van der Waals surface area contributed by atoms with Crippen molar-refractivity contribution in [3.8, 4) is 16.8 Å². The molecule has 0 atom stereocenters. The number of aromatic nitrogens is 3. The van der Waals surface area contributed by atoms with Crippen LogP contribution in [0, 0.1) is 0 Å². The van der Waals surface area contributed by atoms with Crippen molar-refractivity contribution in [1.82, 2.24) is 14.8 Å². The number of nitrogens with one attached hydrogen (secondary N) is 1. The molecule has 3 N–H and O–H groups in total. The predicted molar refractivity (Wildman–Crippen MR) is 67.8 cm³/mol. The number of hydrogen-bond donors (Lipinski definition) is 2. The van der Waals surface area contributed by atoms with Gasteiger partial charge < -0.3 is 10.3 Å². The van der Waals surface area contributed by atoms with Crippen molar-refractivity contribution in [2.75, 3.05) is 5.73 Å². The monoisotopic (exact) mass is 224 g/mol. The van der Waals surface area contributed by atoms with Gasteiger partial charge >= 0.3 is 0 Å². The molecule has 0 aliphatic rings. The van der Waals surface area contributed by atoms with Gasteiger partial charge in [0.25, 0.3) is 0 Å². The average Bonchev–Trinajstić information content (AvgIpc) is 3.00. The summed E-state index contributed by atoms with van der Waals surface area (Å²) in [7, 11) is 0. The highest BCUT2D eigenvalue weighted by molar-refractivity contribution is 5.73. The van der Waals surface area contributed by atoms with Crippen LogP contribution in [-0.2, 0) is 0 Å². The molecule has 0 amide bonds. The van der Waals surface area contributed by atoms with E-state index in [-0.39, 0.29) is 0 Å². The van der Waals surface area contributed by atoms with E-state index in [1.165, 1.54) is 0 Å². The van der Waals surface area contributed by atoms with Crippen LogP contribution < -0.4 is 5.73 Å². The molecule has 1 aromatic carbocycles. The van der Waals surface area contributed by atoms with Gasteiger partial charge in [-0.25, -0.2) is 0 Å². The Morgan fingerprint density at radius 3 is 2.35 bits per heavy atom. The molecule has 0 aliphatic heterocycles. The van der Waals surface area contributed by atoms with Gasteiger partial charge in [-0.1, -0.05) is 12.1 Å². The fourth-order valence-electron chi connectivity index (χ4n) is 1.85. The molecular weight excluding hydrogens is 212 g/mol. The van der Waals surface area contributed by atoms with Gasteiger partial charge in [-0.3, -0.25) is 5.10 Å². The molecule has 0 fully saturated rings. The molecule has 2 heterocycles. The summed E-state index contributed by atoms with van der Waals surface area (Å²) < 4.78 is 2.06. The predicted octanol–water partition coefficient (Wildman–Crippen LogP) is 2.45. The normalized spacial score (nSPS) is 10.6. The Morgan fingerprint density at radius 1 is 1.06 bits per heavy atom. The number of benzene rings is 1. The largest absolute Gasteiger partial charge is 0.384 e. The summed E-state index contributed by atoms with van der Waals surface area (Å²) >= 11 is 0. The summed E-state index contributed by atoms with van der Waals surface area (Å²) in [5, 5.41) is 6.65. The van der Waals surface area contributed by atoms with E-state index in [9.17, 15) is 0 Å². The molecule has 4 nitrogen and oxygen atoms in total. The Bertz CT molecular complexity index is 605. The van der Waals surface area contributed by atoms with Crippen molar-refractivity contribution >= 4 is 5.82 Å². The highest BCUT2D eigenvalue weighted by atomic mass is 15.1. The highest BCUT2D eigenvalue weighted by Gasteiger charge is 2.04. The van der Waals surface area contributed by atoms with Crippen LogP contribution in [0.1, 0.15) is 0 Å². The van der Waals surface area contributed by atoms with E-state index in [2.05, 4.69) is 26.9 Å². The second-order valence-electron chi connectivity index (χ2n) is 3.83. The summed E-state index contributed by atoms with van der Waals surface area (Å²) in [5.41, 5.74) is 8.90. The van der Waals surface area contributed by atoms with Crippen LogP contribution in [0.25, 0.3) is 16.8 Å². The van der Waals surface area contributed by atoms with Gasteiger partial charge in [0.05, 0.1) is 6.20 Å². The van der Waals surface area contributed by atoms with Crippen molar-refractivity contribution in [2.24, 2.45) is 0 Å². The number of rotatable bonds is 2. The molecule has 0 spiro atoms. The lowest BCUT2D eigenvalue weighted by Gasteiger charge is -2.04. The van der Waals surface area contributed by atoms with E-state index < -0.39 is 0 Å². The second kappa shape index (κ2) is 3.83. The number of nitrogens with two attached hydrogens (primary N) is 1. The first kappa shape index (κ1) is 9.72. The van der Waals surface area contributed by atoms with Gasteiger partial charge in [0, 0.05) is 23.6 Å². The maximum atomic E-state index is 5.78. The third-order valence-electron chi connectivity index (χ3n) is 2.75. The summed E-state index contributed by atoms with van der Waals surface area (Å²) in [6.07, 6.45) is 5.77. The molecule has 3 rings (SSSR count). The molecule has 0 aliphatic carbocycles. The van der Waals surface area contributed by atoms with Crippen molar-refractivity contribution in [3.05, 3.63) is 55.0 Å². The number of nitrogen functional groups attached to an aromatic ring is 1. The number of aromatic amines is 1. The molecule has 84 valence electrons. The summed E-state index contributed by atoms with van der Waals surface area (Å²) in [6.45, 7) is 0. The Balaban J connectivity index is 1.99. The molecule has 3 aromatic rings. The van der Waals surface area contributed by atoms with Gasteiger partial charge in [0.1, 0.15) is 5.82 Å². The first-order chi connectivity index (χ1) is 8.34. The minimum Gasteiger partial charge on any atom is -0.384 e. The van der Waals surface area contributed by atoms with Crippen LogP contribution in [0.4, 0.5) is 5.82 Å². The SMILES string of the molecule is Nc1[nH]ncc1-c1ccc(-n2cccc2)cc1. The van der Waals surface area contributed by atoms with E-state index in [1.54, 1.807) is 6.20 Å². The summed E-state index contributed by atoms with van der Waals surface area (Å²) in [4.78, 5) is 0. The second-order valence-corrected chi connectivity index (χ2v) is 3.83. The fourth-order valence-corrected chi connectivity index (χ4v) is 1.85. The number of hydrogen-bond acceptors (Lipinski definition) is 2. The molecule has 2 aromatic heterocycles. The zero-order valence-corrected chi connectivity index (χ0v) is 9.17. The fraction of sp³-hybridized carbons (Fsp3) is 0. The average molecular weight is 224 g/mol. The van der Waals surface area contributed by atoms with Crippen molar-refractivity contribution in [1.29, 1.82) is 0 Å². The lowest BCUT2D eigenvalue weighted by atomic mass is 10.1. The number of anilines is 1. The van der Waals surface area contributed by atoms with Crippen LogP contribution in [0.15, 0.2) is 55.0 Å². The molecule has 17 heavy (non-hydrogen) atoms. The molecule has 0 saturated heterocycles. The van der Waals surface area contributed by atoms with Gasteiger partial charge in [0.15, 0.2) is 0 Å². The van der Waals surface area contributed by atoms with E-state index >= 15 is 0 Å². The van der Waals surface area contributed by atoms with E-state index in [1.807, 2.05) is 36.7 Å². The maximum absolute atomic E-state index is 5.78. The lowest BCUT2D eigenvalue weighted by Crippen LogP contribution is -1.90. The molecule has 0 radical (unpaired) electrons. The van der Waals surface area contributed by atoms with Crippen LogP contribution in [-0.4, -0.2) is 14.8 Å². The van der Waals surface area contributed by atoms with Crippen molar-refractivity contribution < 1.29 is 0 Å². The summed E-state index contributed by atoms with van der Waals surface area (Å²) in [5.74, 6) is 0.596. The quantitative estimate of drug-likeness (QED) is 0.702. The van der Waals surface area contributed by atoms with Crippen LogP contribution in [0.3, 0.4) is 0 Å². The van der Waals surface area contributed by atoms with Crippen molar-refractivity contribution in [2.45, 2.75) is 0 Å². The Morgan fingerprint density at radius 2 is 1.76 bits per heavy atom. The zero-order chi connectivity index (χ0) is 11.7. The molecule has 4 heteroatoms. The third-order valence-corrected chi connectivity index (χ3v) is 2.75. The minimum atomic E-state index is 0.596.